The second kappa shape index (κ2) is 7.51. The first-order valence-corrected chi connectivity index (χ1v) is 7.67. The van der Waals surface area contributed by atoms with Crippen molar-refractivity contribution in [2.24, 2.45) is 0 Å². The fourth-order valence-electron chi connectivity index (χ4n) is 1.92. The Kier molecular flexibility index (Phi) is 5.69. The minimum Gasteiger partial charge on any atom is -0.495 e. The third-order valence-corrected chi connectivity index (χ3v) is 4.26. The first-order chi connectivity index (χ1) is 10.6. The first-order valence-electron chi connectivity index (χ1n) is 6.50. The fourth-order valence-corrected chi connectivity index (χ4v) is 2.67. The lowest BCUT2D eigenvalue weighted by molar-refractivity contribution is 0.0950. The minimum atomic E-state index is -0.232. The van der Waals surface area contributed by atoms with Crippen LogP contribution in [0.4, 0.5) is 0 Å². The Balaban J connectivity index is 2.18. The highest BCUT2D eigenvalue weighted by Crippen LogP contribution is 2.35. The monoisotopic (exact) mass is 383 g/mol. The van der Waals surface area contributed by atoms with Crippen LogP contribution in [0, 0.1) is 0 Å². The Morgan fingerprint density at radius 1 is 1.18 bits per heavy atom. The molecule has 0 bridgehead atoms. The van der Waals surface area contributed by atoms with Gasteiger partial charge in [0, 0.05) is 17.1 Å². The Morgan fingerprint density at radius 2 is 1.77 bits per heavy atom. The van der Waals surface area contributed by atoms with Crippen molar-refractivity contribution < 1.29 is 14.3 Å². The van der Waals surface area contributed by atoms with Crippen LogP contribution in [0.3, 0.4) is 0 Å². The molecule has 0 spiro atoms. The third-order valence-electron chi connectivity index (χ3n) is 3.11. The number of methoxy groups -OCH3 is 2. The second-order valence-electron chi connectivity index (χ2n) is 4.47. The summed E-state index contributed by atoms with van der Waals surface area (Å²) in [5.74, 6) is 0.827. The molecule has 0 aromatic heterocycles. The molecule has 0 aliphatic rings. The largest absolute Gasteiger partial charge is 0.495 e. The normalized spacial score (nSPS) is 10.2. The zero-order valence-corrected chi connectivity index (χ0v) is 14.5. The van der Waals surface area contributed by atoms with Gasteiger partial charge in [0.05, 0.1) is 14.2 Å². The molecular weight excluding hydrogens is 370 g/mol. The lowest BCUT2D eigenvalue weighted by Crippen LogP contribution is -2.23. The van der Waals surface area contributed by atoms with Crippen molar-refractivity contribution in [1.29, 1.82) is 0 Å². The molecule has 0 fully saturated rings. The molecule has 4 nitrogen and oxygen atoms in total. The van der Waals surface area contributed by atoms with Gasteiger partial charge in [-0.15, -0.1) is 0 Å². The predicted octanol–water partition coefficient (Wildman–Crippen LogP) is 4.05. The summed E-state index contributed by atoms with van der Waals surface area (Å²) >= 11 is 9.44. The molecule has 0 saturated heterocycles. The van der Waals surface area contributed by atoms with E-state index < -0.39 is 0 Å². The summed E-state index contributed by atoms with van der Waals surface area (Å²) in [4.78, 5) is 12.3. The molecule has 0 saturated carbocycles. The molecule has 1 amide bonds. The third kappa shape index (κ3) is 3.72. The van der Waals surface area contributed by atoms with E-state index in [1.165, 1.54) is 14.2 Å². The number of hydrogen-bond donors (Lipinski definition) is 1. The van der Waals surface area contributed by atoms with Gasteiger partial charge in [0.15, 0.2) is 0 Å². The van der Waals surface area contributed by atoms with Gasteiger partial charge < -0.3 is 14.8 Å². The first kappa shape index (κ1) is 16.6. The number of halogens is 2. The van der Waals surface area contributed by atoms with Crippen molar-refractivity contribution in [1.82, 2.24) is 5.32 Å². The number of carbonyl (C=O) groups is 1. The highest BCUT2D eigenvalue weighted by atomic mass is 79.9. The van der Waals surface area contributed by atoms with Gasteiger partial charge in [-0.1, -0.05) is 29.8 Å². The van der Waals surface area contributed by atoms with Gasteiger partial charge in [0.25, 0.3) is 5.91 Å². The molecule has 116 valence electrons. The highest BCUT2D eigenvalue weighted by molar-refractivity contribution is 9.10. The van der Waals surface area contributed by atoms with Gasteiger partial charge >= 0.3 is 0 Å². The maximum atomic E-state index is 12.3. The fraction of sp³-hybridized carbons (Fsp3) is 0.188. The predicted molar refractivity (Wildman–Crippen MR) is 89.9 cm³/mol. The second-order valence-corrected chi connectivity index (χ2v) is 5.67. The van der Waals surface area contributed by atoms with Crippen LogP contribution in [0.15, 0.2) is 40.9 Å². The topological polar surface area (TPSA) is 47.6 Å². The van der Waals surface area contributed by atoms with E-state index in [1.807, 2.05) is 18.2 Å². The molecule has 6 heteroatoms. The van der Waals surface area contributed by atoms with E-state index in [9.17, 15) is 4.79 Å². The summed E-state index contributed by atoms with van der Waals surface area (Å²) < 4.78 is 11.1. The molecule has 1 N–H and O–H groups in total. The van der Waals surface area contributed by atoms with E-state index >= 15 is 0 Å². The number of benzene rings is 2. The molecule has 0 aliphatic carbocycles. The van der Waals surface area contributed by atoms with Crippen LogP contribution >= 0.6 is 27.5 Å². The average molecular weight is 385 g/mol. The maximum Gasteiger partial charge on any atom is 0.251 e. The van der Waals surface area contributed by atoms with Gasteiger partial charge in [-0.2, -0.15) is 0 Å². The lowest BCUT2D eigenvalue weighted by atomic mass is 10.1. The van der Waals surface area contributed by atoms with Crippen LogP contribution in [0.2, 0.25) is 5.02 Å². The van der Waals surface area contributed by atoms with E-state index in [0.29, 0.717) is 33.1 Å². The molecule has 0 atom stereocenters. The van der Waals surface area contributed by atoms with E-state index in [1.54, 1.807) is 18.2 Å². The van der Waals surface area contributed by atoms with Gasteiger partial charge in [-0.25, -0.2) is 0 Å². The van der Waals surface area contributed by atoms with Crippen molar-refractivity contribution in [2.45, 2.75) is 6.54 Å². The number of nitrogens with one attached hydrogen (secondary N) is 1. The molecular formula is C16H15BrClNO3. The van der Waals surface area contributed by atoms with Crippen LogP contribution in [-0.2, 0) is 6.54 Å². The van der Waals surface area contributed by atoms with Gasteiger partial charge in [0.1, 0.15) is 16.0 Å². The zero-order valence-electron chi connectivity index (χ0n) is 12.2. The average Bonchev–Trinajstić information content (AvgIpc) is 2.54. The highest BCUT2D eigenvalue weighted by Gasteiger charge is 2.14. The maximum absolute atomic E-state index is 12.3. The number of amides is 1. The lowest BCUT2D eigenvalue weighted by Gasteiger charge is -2.12. The molecule has 0 heterocycles. The Labute approximate surface area is 142 Å². The number of ether oxygens (including phenoxy) is 2. The van der Waals surface area contributed by atoms with Crippen molar-refractivity contribution in [3.63, 3.8) is 0 Å². The number of rotatable bonds is 5. The van der Waals surface area contributed by atoms with Crippen molar-refractivity contribution in [3.8, 4) is 11.5 Å². The van der Waals surface area contributed by atoms with Crippen molar-refractivity contribution in [3.05, 3.63) is 57.0 Å². The van der Waals surface area contributed by atoms with Gasteiger partial charge in [0.2, 0.25) is 0 Å². The summed E-state index contributed by atoms with van der Waals surface area (Å²) in [6, 6.07) is 10.7. The SMILES string of the molecule is COc1cc(C(=O)NCc2ccccc2Cl)cc(OC)c1Br. The Hall–Kier alpha value is -1.72. The smallest absolute Gasteiger partial charge is 0.251 e. The molecule has 2 rings (SSSR count). The van der Waals surface area contributed by atoms with E-state index in [-0.39, 0.29) is 5.91 Å². The van der Waals surface area contributed by atoms with Gasteiger partial charge in [-0.05, 0) is 39.7 Å². The summed E-state index contributed by atoms with van der Waals surface area (Å²) in [5, 5.41) is 3.45. The van der Waals surface area contributed by atoms with Crippen LogP contribution in [-0.4, -0.2) is 20.1 Å². The van der Waals surface area contributed by atoms with E-state index in [2.05, 4.69) is 21.2 Å². The number of hydrogen-bond acceptors (Lipinski definition) is 3. The molecule has 0 unspecified atom stereocenters. The summed E-state index contributed by atoms with van der Waals surface area (Å²) in [6.45, 7) is 0.346. The van der Waals surface area contributed by atoms with Gasteiger partial charge in [-0.3, -0.25) is 4.79 Å². The zero-order chi connectivity index (χ0) is 16.1. The quantitative estimate of drug-likeness (QED) is 0.846. The molecule has 0 radical (unpaired) electrons. The van der Waals surface area contributed by atoms with Crippen LogP contribution in [0.1, 0.15) is 15.9 Å². The minimum absolute atomic E-state index is 0.232. The molecule has 2 aromatic rings. The molecule has 0 aliphatic heterocycles. The summed E-state index contributed by atoms with van der Waals surface area (Å²) in [7, 11) is 3.07. The Bertz CT molecular complexity index is 666. The van der Waals surface area contributed by atoms with E-state index in [0.717, 1.165) is 5.56 Å². The summed E-state index contributed by atoms with van der Waals surface area (Å²) in [6.07, 6.45) is 0. The van der Waals surface area contributed by atoms with E-state index in [4.69, 9.17) is 21.1 Å². The van der Waals surface area contributed by atoms with Crippen molar-refractivity contribution in [2.75, 3.05) is 14.2 Å². The van der Waals surface area contributed by atoms with Crippen LogP contribution in [0.5, 0.6) is 11.5 Å². The van der Waals surface area contributed by atoms with Crippen LogP contribution < -0.4 is 14.8 Å². The number of carbonyl (C=O) groups excluding carboxylic acids is 1. The standard InChI is InChI=1S/C16H15BrClNO3/c1-21-13-7-11(8-14(22-2)15(13)17)16(20)19-9-10-5-3-4-6-12(10)18/h3-8H,9H2,1-2H3,(H,19,20). The molecule has 2 aromatic carbocycles. The summed E-state index contributed by atoms with van der Waals surface area (Å²) in [5.41, 5.74) is 1.30. The van der Waals surface area contributed by atoms with Crippen LogP contribution in [0.25, 0.3) is 0 Å². The van der Waals surface area contributed by atoms with Crippen molar-refractivity contribution >= 4 is 33.4 Å². The Morgan fingerprint density at radius 3 is 2.32 bits per heavy atom. The molecule has 22 heavy (non-hydrogen) atoms.